The number of carbonyl (C=O) groups is 1. The Morgan fingerprint density at radius 2 is 1.72 bits per heavy atom. The Balaban J connectivity index is 2.04. The highest BCUT2D eigenvalue weighted by molar-refractivity contribution is 7.89. The number of nitro groups is 1. The van der Waals surface area contributed by atoms with E-state index >= 15 is 0 Å². The number of rotatable bonds is 7. The summed E-state index contributed by atoms with van der Waals surface area (Å²) in [5.74, 6) is -0.614. The molecule has 0 aliphatic carbocycles. The van der Waals surface area contributed by atoms with Crippen LogP contribution < -0.4 is 5.43 Å². The molecule has 0 unspecified atom stereocenters. The van der Waals surface area contributed by atoms with Crippen LogP contribution in [0, 0.1) is 30.9 Å². The first-order valence-corrected chi connectivity index (χ1v) is 10.1. The number of carbonyl (C=O) groups excluding carboxylic acids is 1. The first kappa shape index (κ1) is 22.2. The van der Waals surface area contributed by atoms with E-state index in [0.29, 0.717) is 16.7 Å². The highest BCUT2D eigenvalue weighted by Crippen LogP contribution is 2.24. The van der Waals surface area contributed by atoms with E-state index in [1.807, 2.05) is 6.92 Å². The van der Waals surface area contributed by atoms with E-state index in [-0.39, 0.29) is 10.6 Å². The van der Waals surface area contributed by atoms with Crippen LogP contribution in [0.1, 0.15) is 22.3 Å². The van der Waals surface area contributed by atoms with Gasteiger partial charge in [0.05, 0.1) is 22.6 Å². The SMILES string of the molecule is Cc1cc(C)c(S(=O)(=O)N(C)CC(=O)N/N=C\c2ccc([N+](=O)[O-])cc2)c(C)c1. The summed E-state index contributed by atoms with van der Waals surface area (Å²) in [5, 5.41) is 14.4. The van der Waals surface area contributed by atoms with Gasteiger partial charge in [-0.1, -0.05) is 17.7 Å². The fraction of sp³-hybridized carbons (Fsp3) is 0.263. The van der Waals surface area contributed by atoms with Gasteiger partial charge < -0.3 is 0 Å². The van der Waals surface area contributed by atoms with E-state index in [1.165, 1.54) is 37.5 Å². The summed E-state index contributed by atoms with van der Waals surface area (Å²) in [6.07, 6.45) is 1.31. The Labute approximate surface area is 169 Å². The maximum atomic E-state index is 12.9. The van der Waals surface area contributed by atoms with E-state index in [2.05, 4.69) is 10.5 Å². The van der Waals surface area contributed by atoms with Crippen molar-refractivity contribution in [3.63, 3.8) is 0 Å². The Bertz CT molecular complexity index is 1040. The lowest BCUT2D eigenvalue weighted by Gasteiger charge is -2.19. The summed E-state index contributed by atoms with van der Waals surface area (Å²) in [5.41, 5.74) is 4.93. The smallest absolute Gasteiger partial charge is 0.269 e. The van der Waals surface area contributed by atoms with Gasteiger partial charge >= 0.3 is 0 Å². The van der Waals surface area contributed by atoms with E-state index in [1.54, 1.807) is 26.0 Å². The molecular weight excluding hydrogens is 396 g/mol. The van der Waals surface area contributed by atoms with E-state index in [4.69, 9.17) is 0 Å². The van der Waals surface area contributed by atoms with Crippen molar-refractivity contribution in [2.45, 2.75) is 25.7 Å². The number of hydrogen-bond donors (Lipinski definition) is 1. The number of non-ortho nitro benzene ring substituents is 1. The number of likely N-dealkylation sites (N-methyl/N-ethyl adjacent to an activating group) is 1. The number of amides is 1. The van der Waals surface area contributed by atoms with Crippen molar-refractivity contribution in [3.05, 3.63) is 68.8 Å². The molecule has 2 rings (SSSR count). The molecule has 0 fully saturated rings. The van der Waals surface area contributed by atoms with Crippen LogP contribution in [0.25, 0.3) is 0 Å². The van der Waals surface area contributed by atoms with Crippen molar-refractivity contribution in [3.8, 4) is 0 Å². The zero-order valence-electron chi connectivity index (χ0n) is 16.5. The predicted octanol–water partition coefficient (Wildman–Crippen LogP) is 2.29. The van der Waals surface area contributed by atoms with Gasteiger partial charge in [0.25, 0.3) is 11.6 Å². The lowest BCUT2D eigenvalue weighted by Crippen LogP contribution is -2.37. The Kier molecular flexibility index (Phi) is 6.83. The quantitative estimate of drug-likeness (QED) is 0.420. The molecule has 29 heavy (non-hydrogen) atoms. The largest absolute Gasteiger partial charge is 0.272 e. The second-order valence-electron chi connectivity index (χ2n) is 6.63. The standard InChI is InChI=1S/C19H22N4O5S/c1-13-9-14(2)19(15(3)10-13)29(27,28)22(4)12-18(24)21-20-11-16-5-7-17(8-6-16)23(25)26/h5-11H,12H2,1-4H3,(H,21,24)/b20-11-. The van der Waals surface area contributed by atoms with Crippen molar-refractivity contribution in [2.75, 3.05) is 13.6 Å². The van der Waals surface area contributed by atoms with Crippen LogP contribution in [0.4, 0.5) is 5.69 Å². The summed E-state index contributed by atoms with van der Waals surface area (Å²) >= 11 is 0. The molecule has 154 valence electrons. The number of nitro benzene ring substituents is 1. The van der Waals surface area contributed by atoms with Crippen LogP contribution in [0.5, 0.6) is 0 Å². The number of hydrazone groups is 1. The number of sulfonamides is 1. The second kappa shape index (κ2) is 8.93. The molecule has 0 saturated carbocycles. The molecular formula is C19H22N4O5S. The summed E-state index contributed by atoms with van der Waals surface area (Å²) in [6.45, 7) is 4.91. The summed E-state index contributed by atoms with van der Waals surface area (Å²) in [7, 11) is -2.52. The van der Waals surface area contributed by atoms with Gasteiger partial charge in [0, 0.05) is 19.2 Å². The molecule has 10 heteroatoms. The molecule has 0 atom stereocenters. The molecule has 2 aromatic rings. The van der Waals surface area contributed by atoms with Crippen LogP contribution in [-0.4, -0.2) is 43.4 Å². The van der Waals surface area contributed by atoms with E-state index in [9.17, 15) is 23.3 Å². The van der Waals surface area contributed by atoms with Crippen LogP contribution in [0.15, 0.2) is 46.4 Å². The van der Waals surface area contributed by atoms with Crippen molar-refractivity contribution < 1.29 is 18.1 Å². The van der Waals surface area contributed by atoms with Crippen molar-refractivity contribution >= 4 is 27.8 Å². The van der Waals surface area contributed by atoms with Crippen LogP contribution in [0.3, 0.4) is 0 Å². The van der Waals surface area contributed by atoms with Gasteiger partial charge in [-0.15, -0.1) is 0 Å². The molecule has 0 radical (unpaired) electrons. The molecule has 0 bridgehead atoms. The normalized spacial score (nSPS) is 11.8. The zero-order valence-corrected chi connectivity index (χ0v) is 17.4. The van der Waals surface area contributed by atoms with Crippen molar-refractivity contribution in [2.24, 2.45) is 5.10 Å². The lowest BCUT2D eigenvalue weighted by atomic mass is 10.1. The van der Waals surface area contributed by atoms with Gasteiger partial charge in [0.2, 0.25) is 10.0 Å². The first-order chi connectivity index (χ1) is 13.5. The first-order valence-electron chi connectivity index (χ1n) is 8.63. The molecule has 9 nitrogen and oxygen atoms in total. The second-order valence-corrected chi connectivity index (χ2v) is 8.61. The fourth-order valence-electron chi connectivity index (χ4n) is 2.91. The fourth-order valence-corrected chi connectivity index (χ4v) is 4.44. The average Bonchev–Trinajstić information content (AvgIpc) is 2.60. The maximum Gasteiger partial charge on any atom is 0.269 e. The molecule has 0 spiro atoms. The number of nitrogens with zero attached hydrogens (tertiary/aromatic N) is 3. The van der Waals surface area contributed by atoms with Crippen LogP contribution in [0.2, 0.25) is 0 Å². The Morgan fingerprint density at radius 3 is 2.24 bits per heavy atom. The Hall–Kier alpha value is -3.11. The topological polar surface area (TPSA) is 122 Å². The van der Waals surface area contributed by atoms with Gasteiger partial charge in [-0.05, 0) is 49.6 Å². The van der Waals surface area contributed by atoms with Crippen molar-refractivity contribution in [1.29, 1.82) is 0 Å². The number of benzene rings is 2. The summed E-state index contributed by atoms with van der Waals surface area (Å²) < 4.78 is 26.7. The molecule has 0 aromatic heterocycles. The number of nitrogens with one attached hydrogen (secondary N) is 1. The van der Waals surface area contributed by atoms with Gasteiger partial charge in [0.1, 0.15) is 0 Å². The molecule has 1 amide bonds. The molecule has 0 aliphatic heterocycles. The minimum atomic E-state index is -3.85. The Morgan fingerprint density at radius 1 is 1.17 bits per heavy atom. The van der Waals surface area contributed by atoms with Gasteiger partial charge in [-0.2, -0.15) is 9.41 Å². The monoisotopic (exact) mass is 418 g/mol. The molecule has 1 N–H and O–H groups in total. The third-order valence-corrected chi connectivity index (χ3v) is 6.26. The highest BCUT2D eigenvalue weighted by Gasteiger charge is 2.26. The van der Waals surface area contributed by atoms with Gasteiger partial charge in [-0.25, -0.2) is 13.8 Å². The minimum absolute atomic E-state index is 0.0558. The highest BCUT2D eigenvalue weighted by atomic mass is 32.2. The number of hydrogen-bond acceptors (Lipinski definition) is 6. The molecule has 0 heterocycles. The summed E-state index contributed by atoms with van der Waals surface area (Å²) in [6, 6.07) is 9.15. The molecule has 2 aromatic carbocycles. The zero-order chi connectivity index (χ0) is 21.8. The third-order valence-electron chi connectivity index (χ3n) is 4.15. The van der Waals surface area contributed by atoms with Crippen LogP contribution in [-0.2, 0) is 14.8 Å². The number of aryl methyl sites for hydroxylation is 3. The van der Waals surface area contributed by atoms with Gasteiger partial charge in [-0.3, -0.25) is 14.9 Å². The predicted molar refractivity (Wildman–Crippen MR) is 109 cm³/mol. The van der Waals surface area contributed by atoms with E-state index < -0.39 is 27.4 Å². The van der Waals surface area contributed by atoms with E-state index in [0.717, 1.165) is 9.87 Å². The van der Waals surface area contributed by atoms with Crippen molar-refractivity contribution in [1.82, 2.24) is 9.73 Å². The minimum Gasteiger partial charge on any atom is -0.272 e. The summed E-state index contributed by atoms with van der Waals surface area (Å²) in [4.78, 5) is 22.4. The maximum absolute atomic E-state index is 12.9. The average molecular weight is 418 g/mol. The molecule has 0 aliphatic rings. The van der Waals surface area contributed by atoms with Crippen LogP contribution >= 0.6 is 0 Å². The lowest BCUT2D eigenvalue weighted by molar-refractivity contribution is -0.384. The third kappa shape index (κ3) is 5.46. The molecule has 0 saturated heterocycles. The van der Waals surface area contributed by atoms with Gasteiger partial charge in [0.15, 0.2) is 0 Å².